The van der Waals surface area contributed by atoms with Crippen LogP contribution >= 0.6 is 0 Å². The van der Waals surface area contributed by atoms with Crippen LogP contribution in [0.25, 0.3) is 5.69 Å². The third-order valence-electron chi connectivity index (χ3n) is 2.90. The van der Waals surface area contributed by atoms with Crippen molar-refractivity contribution < 1.29 is 13.9 Å². The van der Waals surface area contributed by atoms with Gasteiger partial charge in [-0.1, -0.05) is 12.1 Å². The average Bonchev–Trinajstić information content (AvgIpc) is 2.83. The van der Waals surface area contributed by atoms with E-state index in [0.717, 1.165) is 12.1 Å². The van der Waals surface area contributed by atoms with E-state index in [1.807, 2.05) is 6.92 Å². The van der Waals surface area contributed by atoms with E-state index in [1.165, 1.54) is 16.9 Å². The molecule has 1 atom stereocenters. The van der Waals surface area contributed by atoms with Crippen molar-refractivity contribution in [2.24, 2.45) is 0 Å². The molecule has 4 nitrogen and oxygen atoms in total. The van der Waals surface area contributed by atoms with Gasteiger partial charge < -0.3 is 5.11 Å². The fraction of sp³-hybridized carbons (Fsp3) is 0.333. The second kappa shape index (κ2) is 4.45. The van der Waals surface area contributed by atoms with E-state index < -0.39 is 17.2 Å². The molecule has 0 saturated heterocycles. The SMILES string of the molecule is CCC(C)(O)c1cn(-c2ccc(F)c(F)c2)nn1. The smallest absolute Gasteiger partial charge is 0.160 e. The van der Waals surface area contributed by atoms with Crippen LogP contribution < -0.4 is 0 Å². The number of halogens is 2. The maximum Gasteiger partial charge on any atom is 0.160 e. The molecule has 6 heteroatoms. The Hall–Kier alpha value is -1.82. The maximum atomic E-state index is 13.1. The summed E-state index contributed by atoms with van der Waals surface area (Å²) in [6.07, 6.45) is 1.97. The molecule has 0 radical (unpaired) electrons. The molecule has 1 heterocycles. The minimum Gasteiger partial charge on any atom is -0.384 e. The van der Waals surface area contributed by atoms with Gasteiger partial charge in [0.05, 0.1) is 11.9 Å². The number of aromatic nitrogens is 3. The molecule has 0 fully saturated rings. The van der Waals surface area contributed by atoms with Crippen molar-refractivity contribution in [1.82, 2.24) is 15.0 Å². The van der Waals surface area contributed by atoms with Crippen LogP contribution in [0.2, 0.25) is 0 Å². The number of hydrogen-bond acceptors (Lipinski definition) is 3. The molecular formula is C12H13F2N3O. The number of nitrogens with zero attached hydrogens (tertiary/aromatic N) is 3. The molecule has 0 bridgehead atoms. The summed E-state index contributed by atoms with van der Waals surface area (Å²) in [5.74, 6) is -1.87. The lowest BCUT2D eigenvalue weighted by Crippen LogP contribution is -2.20. The van der Waals surface area contributed by atoms with Gasteiger partial charge >= 0.3 is 0 Å². The van der Waals surface area contributed by atoms with E-state index in [-0.39, 0.29) is 0 Å². The first-order valence-electron chi connectivity index (χ1n) is 5.54. The molecule has 0 aliphatic heterocycles. The van der Waals surface area contributed by atoms with E-state index in [1.54, 1.807) is 6.92 Å². The summed E-state index contributed by atoms with van der Waals surface area (Å²) in [6, 6.07) is 3.43. The van der Waals surface area contributed by atoms with Gasteiger partial charge in [0, 0.05) is 6.07 Å². The lowest BCUT2D eigenvalue weighted by molar-refractivity contribution is 0.0484. The molecule has 1 aromatic heterocycles. The van der Waals surface area contributed by atoms with Crippen molar-refractivity contribution in [3.05, 3.63) is 41.7 Å². The molecule has 0 spiro atoms. The quantitative estimate of drug-likeness (QED) is 0.912. The Labute approximate surface area is 103 Å². The average molecular weight is 253 g/mol. The van der Waals surface area contributed by atoms with E-state index in [9.17, 15) is 13.9 Å². The summed E-state index contributed by atoms with van der Waals surface area (Å²) >= 11 is 0. The van der Waals surface area contributed by atoms with Gasteiger partial charge in [-0.25, -0.2) is 13.5 Å². The molecular weight excluding hydrogens is 240 g/mol. The molecule has 1 unspecified atom stereocenters. The van der Waals surface area contributed by atoms with Gasteiger partial charge in [-0.3, -0.25) is 0 Å². The fourth-order valence-corrected chi connectivity index (χ4v) is 1.45. The highest BCUT2D eigenvalue weighted by atomic mass is 19.2. The Kier molecular flexibility index (Phi) is 3.13. The van der Waals surface area contributed by atoms with Gasteiger partial charge in [0.25, 0.3) is 0 Å². The summed E-state index contributed by atoms with van der Waals surface area (Å²) < 4.78 is 27.2. The van der Waals surface area contributed by atoms with E-state index in [2.05, 4.69) is 10.3 Å². The molecule has 18 heavy (non-hydrogen) atoms. The summed E-state index contributed by atoms with van der Waals surface area (Å²) in [5, 5.41) is 17.6. The highest BCUT2D eigenvalue weighted by Crippen LogP contribution is 2.22. The number of benzene rings is 1. The Balaban J connectivity index is 2.38. The molecule has 2 aromatic rings. The second-order valence-corrected chi connectivity index (χ2v) is 4.27. The van der Waals surface area contributed by atoms with Crippen LogP contribution in [0, 0.1) is 11.6 Å². The largest absolute Gasteiger partial charge is 0.384 e. The van der Waals surface area contributed by atoms with Gasteiger partial charge in [0.15, 0.2) is 11.6 Å². The minimum atomic E-state index is -1.09. The van der Waals surface area contributed by atoms with Crippen molar-refractivity contribution in [2.45, 2.75) is 25.9 Å². The van der Waals surface area contributed by atoms with Crippen LogP contribution in [0.1, 0.15) is 26.0 Å². The number of rotatable bonds is 3. The van der Waals surface area contributed by atoms with Gasteiger partial charge in [0.1, 0.15) is 11.3 Å². The third kappa shape index (κ3) is 2.24. The monoisotopic (exact) mass is 253 g/mol. The zero-order chi connectivity index (χ0) is 13.3. The van der Waals surface area contributed by atoms with Gasteiger partial charge in [-0.15, -0.1) is 5.10 Å². The van der Waals surface area contributed by atoms with Gasteiger partial charge in [-0.2, -0.15) is 0 Å². The lowest BCUT2D eigenvalue weighted by Gasteiger charge is -2.16. The first kappa shape index (κ1) is 12.6. The van der Waals surface area contributed by atoms with Crippen LogP contribution in [0.4, 0.5) is 8.78 Å². The molecule has 1 aromatic carbocycles. The zero-order valence-electron chi connectivity index (χ0n) is 10.1. The highest BCUT2D eigenvalue weighted by Gasteiger charge is 2.24. The van der Waals surface area contributed by atoms with Crippen LogP contribution in [0.15, 0.2) is 24.4 Å². The Morgan fingerprint density at radius 2 is 2.06 bits per heavy atom. The minimum absolute atomic E-state index is 0.347. The molecule has 0 amide bonds. The van der Waals surface area contributed by atoms with Crippen molar-refractivity contribution in [3.8, 4) is 5.69 Å². The predicted molar refractivity (Wildman–Crippen MR) is 61.1 cm³/mol. The maximum absolute atomic E-state index is 13.1. The van der Waals surface area contributed by atoms with Crippen molar-refractivity contribution in [2.75, 3.05) is 0 Å². The summed E-state index contributed by atoms with van der Waals surface area (Å²) in [7, 11) is 0. The highest BCUT2D eigenvalue weighted by molar-refractivity contribution is 5.32. The van der Waals surface area contributed by atoms with Crippen LogP contribution in [-0.2, 0) is 5.60 Å². The van der Waals surface area contributed by atoms with Crippen LogP contribution in [0.5, 0.6) is 0 Å². The van der Waals surface area contributed by atoms with Crippen molar-refractivity contribution in [3.63, 3.8) is 0 Å². The van der Waals surface area contributed by atoms with E-state index in [0.29, 0.717) is 17.8 Å². The topological polar surface area (TPSA) is 50.9 Å². The van der Waals surface area contributed by atoms with Gasteiger partial charge in [-0.05, 0) is 25.5 Å². The molecule has 96 valence electrons. The van der Waals surface area contributed by atoms with Crippen molar-refractivity contribution in [1.29, 1.82) is 0 Å². The van der Waals surface area contributed by atoms with E-state index in [4.69, 9.17) is 0 Å². The van der Waals surface area contributed by atoms with E-state index >= 15 is 0 Å². The molecule has 1 N–H and O–H groups in total. The standard InChI is InChI=1S/C12H13F2N3O/c1-3-12(2,18)11-7-17(16-15-11)8-4-5-9(13)10(14)6-8/h4-7,18H,3H2,1-2H3. The third-order valence-corrected chi connectivity index (χ3v) is 2.90. The normalized spacial score (nSPS) is 14.5. The van der Waals surface area contributed by atoms with Crippen LogP contribution in [0.3, 0.4) is 0 Å². The number of aliphatic hydroxyl groups is 1. The summed E-state index contributed by atoms with van der Waals surface area (Å²) in [6.45, 7) is 3.43. The molecule has 0 saturated carbocycles. The first-order chi connectivity index (χ1) is 8.44. The van der Waals surface area contributed by atoms with Crippen LogP contribution in [-0.4, -0.2) is 20.1 Å². The first-order valence-corrected chi connectivity index (χ1v) is 5.54. The Bertz CT molecular complexity index is 566. The zero-order valence-corrected chi connectivity index (χ0v) is 10.1. The number of hydrogen-bond donors (Lipinski definition) is 1. The summed E-state index contributed by atoms with van der Waals surface area (Å²) in [5.41, 5.74) is -0.356. The lowest BCUT2D eigenvalue weighted by atomic mass is 10.0. The Morgan fingerprint density at radius 3 is 2.67 bits per heavy atom. The fourth-order valence-electron chi connectivity index (χ4n) is 1.45. The van der Waals surface area contributed by atoms with Crippen molar-refractivity contribution >= 4 is 0 Å². The Morgan fingerprint density at radius 1 is 1.33 bits per heavy atom. The second-order valence-electron chi connectivity index (χ2n) is 4.27. The van der Waals surface area contributed by atoms with Gasteiger partial charge in [0.2, 0.25) is 0 Å². The molecule has 0 aliphatic rings. The molecule has 0 aliphatic carbocycles. The molecule has 2 rings (SSSR count). The summed E-state index contributed by atoms with van der Waals surface area (Å²) in [4.78, 5) is 0. The predicted octanol–water partition coefficient (Wildman–Crippen LogP) is 2.16.